The molecule has 10 heteroatoms. The molecule has 5 rings (SSSR count). The van der Waals surface area contributed by atoms with Gasteiger partial charge in [0.2, 0.25) is 0 Å². The van der Waals surface area contributed by atoms with Crippen molar-refractivity contribution in [2.45, 2.75) is 19.9 Å². The number of nitrogens with zero attached hydrogens (tertiary/aromatic N) is 2. The molecule has 4 aromatic rings. The molecular formula is C28H23BrN2O6S. The molecule has 1 aliphatic rings. The highest BCUT2D eigenvalue weighted by Gasteiger charge is 2.48. The van der Waals surface area contributed by atoms with Crippen LogP contribution in [0, 0.1) is 6.92 Å². The number of ether oxygens (including phenoxy) is 2. The largest absolute Gasteiger partial charge is 0.507 e. The number of aryl methyl sites for hydroxylation is 1. The Hall–Kier alpha value is -3.89. The monoisotopic (exact) mass is 594 g/mol. The van der Waals surface area contributed by atoms with E-state index in [0.29, 0.717) is 38.6 Å². The number of phenols is 1. The zero-order chi connectivity index (χ0) is 27.1. The molecule has 194 valence electrons. The minimum Gasteiger partial charge on any atom is -0.507 e. The molecule has 1 amide bonds. The Morgan fingerprint density at radius 2 is 1.95 bits per heavy atom. The molecule has 0 bridgehead atoms. The van der Waals surface area contributed by atoms with Crippen LogP contribution < -0.4 is 14.4 Å². The molecule has 1 fully saturated rings. The Morgan fingerprint density at radius 3 is 2.68 bits per heavy atom. The third-order valence-electron chi connectivity index (χ3n) is 6.19. The lowest BCUT2D eigenvalue weighted by Crippen LogP contribution is -2.29. The lowest BCUT2D eigenvalue weighted by Gasteiger charge is -2.24. The average Bonchev–Trinajstić information content (AvgIpc) is 3.43. The van der Waals surface area contributed by atoms with Gasteiger partial charge in [0.25, 0.3) is 5.78 Å². The number of hydrogen-bond donors (Lipinski definition) is 2. The lowest BCUT2D eigenvalue weighted by molar-refractivity contribution is -0.132. The molecule has 0 saturated carbocycles. The van der Waals surface area contributed by atoms with Gasteiger partial charge in [-0.15, -0.1) is 0 Å². The normalized spacial score (nSPS) is 16.8. The molecule has 2 N–H and O–H groups in total. The maximum Gasteiger partial charge on any atom is 0.301 e. The first-order chi connectivity index (χ1) is 18.2. The number of anilines is 1. The van der Waals surface area contributed by atoms with Gasteiger partial charge in [0, 0.05) is 5.56 Å². The van der Waals surface area contributed by atoms with Crippen molar-refractivity contribution in [3.05, 3.63) is 81.3 Å². The van der Waals surface area contributed by atoms with Gasteiger partial charge in [0.05, 0.1) is 40.0 Å². The molecule has 0 radical (unpaired) electrons. The number of benzene rings is 3. The Labute approximate surface area is 230 Å². The minimum absolute atomic E-state index is 0.112. The molecule has 1 saturated heterocycles. The van der Waals surface area contributed by atoms with Crippen molar-refractivity contribution >= 4 is 60.1 Å². The number of aromatic nitrogens is 1. The molecule has 1 aliphatic heterocycles. The maximum absolute atomic E-state index is 13.5. The van der Waals surface area contributed by atoms with E-state index in [9.17, 15) is 19.8 Å². The number of fused-ring (bicyclic) bond motifs is 1. The molecule has 1 atom stereocenters. The van der Waals surface area contributed by atoms with Crippen molar-refractivity contribution in [2.24, 2.45) is 0 Å². The van der Waals surface area contributed by atoms with E-state index in [-0.39, 0.29) is 22.8 Å². The third kappa shape index (κ3) is 4.39. The predicted octanol–water partition coefficient (Wildman–Crippen LogP) is 6.11. The molecule has 1 aromatic heterocycles. The second-order valence-electron chi connectivity index (χ2n) is 8.65. The number of Topliss-reactive ketones (excluding diaryl/α,β-unsaturated/α-hetero) is 1. The topological polar surface area (TPSA) is 109 Å². The second kappa shape index (κ2) is 10.1. The number of phenolic OH excluding ortho intramolecular Hbond substituents is 1. The fourth-order valence-electron chi connectivity index (χ4n) is 4.43. The molecular weight excluding hydrogens is 572 g/mol. The molecule has 3 aromatic carbocycles. The molecule has 38 heavy (non-hydrogen) atoms. The highest BCUT2D eigenvalue weighted by Crippen LogP contribution is 2.47. The molecule has 8 nitrogen and oxygen atoms in total. The van der Waals surface area contributed by atoms with Crippen LogP contribution in [-0.4, -0.2) is 40.6 Å². The van der Waals surface area contributed by atoms with Crippen LogP contribution in [0.2, 0.25) is 0 Å². The predicted molar refractivity (Wildman–Crippen MR) is 149 cm³/mol. The number of halogens is 1. The highest BCUT2D eigenvalue weighted by atomic mass is 79.9. The van der Waals surface area contributed by atoms with Crippen LogP contribution in [0.1, 0.15) is 29.7 Å². The van der Waals surface area contributed by atoms with Crippen molar-refractivity contribution in [2.75, 3.05) is 18.6 Å². The van der Waals surface area contributed by atoms with Crippen molar-refractivity contribution in [1.82, 2.24) is 4.98 Å². The van der Waals surface area contributed by atoms with Gasteiger partial charge in [-0.05, 0) is 77.3 Å². The number of amides is 1. The number of hydrogen-bond acceptors (Lipinski definition) is 8. The second-order valence-corrected chi connectivity index (χ2v) is 10.5. The SMILES string of the molecule is CCOc1cccc(C(O)=C2C(=O)C(=O)N(c3nc4ccc(C)cc4s3)C2c2cc(Br)c(O)c(OC)c2)c1. The van der Waals surface area contributed by atoms with Crippen LogP contribution >= 0.6 is 27.3 Å². The van der Waals surface area contributed by atoms with E-state index in [4.69, 9.17) is 9.47 Å². The van der Waals surface area contributed by atoms with Crippen LogP contribution in [0.4, 0.5) is 5.13 Å². The van der Waals surface area contributed by atoms with Gasteiger partial charge in [-0.25, -0.2) is 4.98 Å². The van der Waals surface area contributed by atoms with E-state index in [1.54, 1.807) is 30.3 Å². The zero-order valence-corrected chi connectivity index (χ0v) is 23.1. The number of thiazole rings is 1. The third-order valence-corrected chi connectivity index (χ3v) is 7.81. The standard InChI is InChI=1S/C28H23BrN2O6S/c1-4-37-17-7-5-6-15(11-17)24(32)22-23(16-12-18(29)25(33)20(13-16)36-3)31(27(35)26(22)34)28-30-19-9-8-14(2)10-21(19)38-28/h5-13,23,32-33H,4H2,1-3H3. The van der Waals surface area contributed by atoms with Gasteiger partial charge < -0.3 is 19.7 Å². The summed E-state index contributed by atoms with van der Waals surface area (Å²) in [6, 6.07) is 14.5. The molecule has 2 heterocycles. The number of rotatable bonds is 6. The fraction of sp³-hybridized carbons (Fsp3) is 0.179. The van der Waals surface area contributed by atoms with E-state index < -0.39 is 17.7 Å². The summed E-state index contributed by atoms with van der Waals surface area (Å²) >= 11 is 4.60. The van der Waals surface area contributed by atoms with E-state index in [1.165, 1.54) is 29.4 Å². The number of ketones is 1. The van der Waals surface area contributed by atoms with E-state index in [0.717, 1.165) is 10.3 Å². The maximum atomic E-state index is 13.5. The first kappa shape index (κ1) is 25.7. The smallest absolute Gasteiger partial charge is 0.301 e. The first-order valence-corrected chi connectivity index (χ1v) is 13.3. The number of methoxy groups -OCH3 is 1. The van der Waals surface area contributed by atoms with E-state index in [2.05, 4.69) is 20.9 Å². The summed E-state index contributed by atoms with van der Waals surface area (Å²) in [5.74, 6) is -1.51. The summed E-state index contributed by atoms with van der Waals surface area (Å²) in [6.45, 7) is 4.22. The Bertz CT molecular complexity index is 1630. The summed E-state index contributed by atoms with van der Waals surface area (Å²) in [5.41, 5.74) is 2.36. The number of aromatic hydroxyl groups is 1. The molecule has 0 spiro atoms. The summed E-state index contributed by atoms with van der Waals surface area (Å²) in [4.78, 5) is 33.0. The van der Waals surface area contributed by atoms with Gasteiger partial charge in [-0.3, -0.25) is 14.5 Å². The van der Waals surface area contributed by atoms with Crippen molar-refractivity contribution in [3.8, 4) is 17.2 Å². The fourth-order valence-corrected chi connectivity index (χ4v) is 5.98. The van der Waals surface area contributed by atoms with Gasteiger partial charge in [-0.1, -0.05) is 29.5 Å². The van der Waals surface area contributed by atoms with Crippen LogP contribution in [0.25, 0.3) is 16.0 Å². The quantitative estimate of drug-likeness (QED) is 0.157. The van der Waals surface area contributed by atoms with Crippen LogP contribution in [0.15, 0.2) is 64.6 Å². The Balaban J connectivity index is 1.76. The van der Waals surface area contributed by atoms with Crippen LogP contribution in [0.5, 0.6) is 17.2 Å². The lowest BCUT2D eigenvalue weighted by atomic mass is 9.95. The number of carbonyl (C=O) groups excluding carboxylic acids is 2. The van der Waals surface area contributed by atoms with Crippen molar-refractivity contribution in [3.63, 3.8) is 0 Å². The van der Waals surface area contributed by atoms with Gasteiger partial charge in [0.15, 0.2) is 16.6 Å². The van der Waals surface area contributed by atoms with Crippen LogP contribution in [0.3, 0.4) is 0 Å². The Kier molecular flexibility index (Phi) is 6.85. The summed E-state index contributed by atoms with van der Waals surface area (Å²) in [5, 5.41) is 22.1. The Morgan fingerprint density at radius 1 is 1.16 bits per heavy atom. The average molecular weight is 595 g/mol. The van der Waals surface area contributed by atoms with Crippen molar-refractivity contribution in [1.29, 1.82) is 0 Å². The van der Waals surface area contributed by atoms with Gasteiger partial charge in [0.1, 0.15) is 11.5 Å². The van der Waals surface area contributed by atoms with Gasteiger partial charge in [-0.2, -0.15) is 0 Å². The number of aliphatic hydroxyl groups is 1. The van der Waals surface area contributed by atoms with Gasteiger partial charge >= 0.3 is 5.91 Å². The summed E-state index contributed by atoms with van der Waals surface area (Å²) in [6.07, 6.45) is 0. The zero-order valence-electron chi connectivity index (χ0n) is 20.7. The highest BCUT2D eigenvalue weighted by molar-refractivity contribution is 9.10. The molecule has 1 unspecified atom stereocenters. The van der Waals surface area contributed by atoms with Crippen molar-refractivity contribution < 1.29 is 29.3 Å². The number of aliphatic hydroxyl groups excluding tert-OH is 1. The summed E-state index contributed by atoms with van der Waals surface area (Å²) < 4.78 is 12.0. The minimum atomic E-state index is -1.04. The first-order valence-electron chi connectivity index (χ1n) is 11.7. The summed E-state index contributed by atoms with van der Waals surface area (Å²) in [7, 11) is 1.40. The number of carbonyl (C=O) groups is 2. The van der Waals surface area contributed by atoms with E-state index in [1.807, 2.05) is 32.0 Å². The van der Waals surface area contributed by atoms with E-state index >= 15 is 0 Å². The van der Waals surface area contributed by atoms with Crippen LogP contribution in [-0.2, 0) is 9.59 Å². The molecule has 0 aliphatic carbocycles.